The number of nitrogens with zero attached hydrogens (tertiary/aromatic N) is 2. The number of hydrogen-bond acceptors (Lipinski definition) is 5. The van der Waals surface area contributed by atoms with Crippen LogP contribution in [-0.4, -0.2) is 45.8 Å². The summed E-state index contributed by atoms with van der Waals surface area (Å²) in [4.78, 5) is 27.6. The van der Waals surface area contributed by atoms with Crippen molar-refractivity contribution >= 4 is 51.9 Å². The van der Waals surface area contributed by atoms with E-state index in [1.54, 1.807) is 0 Å². The van der Waals surface area contributed by atoms with Crippen LogP contribution in [-0.2, 0) is 9.59 Å². The van der Waals surface area contributed by atoms with Gasteiger partial charge < -0.3 is 10.0 Å². The number of carboxylic acids is 1. The van der Waals surface area contributed by atoms with Gasteiger partial charge in [0, 0.05) is 25.3 Å². The minimum atomic E-state index is -0.937. The van der Waals surface area contributed by atoms with Crippen LogP contribution in [0.4, 0.5) is 5.69 Å². The number of carbonyl (C=O) groups is 2. The van der Waals surface area contributed by atoms with Crippen LogP contribution in [0, 0.1) is 5.92 Å². The predicted octanol–water partition coefficient (Wildman–Crippen LogP) is 4.77. The maximum absolute atomic E-state index is 12.5. The highest BCUT2D eigenvalue weighted by atomic mass is 32.2. The quantitative estimate of drug-likeness (QED) is 0.345. The third-order valence-electron chi connectivity index (χ3n) is 5.48. The Balaban J connectivity index is 1.59. The van der Waals surface area contributed by atoms with Crippen molar-refractivity contribution in [1.29, 1.82) is 0 Å². The molecule has 3 rings (SSSR count). The van der Waals surface area contributed by atoms with Crippen molar-refractivity contribution in [3.05, 3.63) is 34.7 Å². The normalized spacial score (nSPS) is 20.9. The second kappa shape index (κ2) is 10.3. The Morgan fingerprint density at radius 3 is 2.76 bits per heavy atom. The molecular formula is C22H28N2O3S2. The first-order chi connectivity index (χ1) is 14.0. The molecule has 2 aliphatic rings. The van der Waals surface area contributed by atoms with Gasteiger partial charge in [0.1, 0.15) is 4.32 Å². The van der Waals surface area contributed by atoms with E-state index in [9.17, 15) is 9.59 Å². The Morgan fingerprint density at radius 2 is 2.07 bits per heavy atom. The lowest BCUT2D eigenvalue weighted by molar-refractivity contribution is -0.137. The van der Waals surface area contributed by atoms with Crippen molar-refractivity contribution in [2.75, 3.05) is 24.5 Å². The predicted molar refractivity (Wildman–Crippen MR) is 123 cm³/mol. The molecule has 0 saturated carbocycles. The molecule has 0 bridgehead atoms. The molecule has 1 amide bonds. The molecule has 1 aromatic carbocycles. The summed E-state index contributed by atoms with van der Waals surface area (Å²) < 4.78 is 0.422. The fraction of sp³-hybridized carbons (Fsp3) is 0.500. The van der Waals surface area contributed by atoms with Gasteiger partial charge in [0.05, 0.1) is 11.3 Å². The molecule has 0 aliphatic carbocycles. The fourth-order valence-corrected chi connectivity index (χ4v) is 5.13. The number of rotatable bonds is 9. The van der Waals surface area contributed by atoms with Crippen molar-refractivity contribution in [2.24, 2.45) is 5.92 Å². The molecular weight excluding hydrogens is 404 g/mol. The van der Waals surface area contributed by atoms with Gasteiger partial charge in [0.2, 0.25) is 0 Å². The average molecular weight is 433 g/mol. The fourth-order valence-electron chi connectivity index (χ4n) is 3.82. The zero-order valence-electron chi connectivity index (χ0n) is 16.8. The largest absolute Gasteiger partial charge is 0.481 e. The van der Waals surface area contributed by atoms with E-state index < -0.39 is 5.97 Å². The number of benzene rings is 1. The highest BCUT2D eigenvalue weighted by Gasteiger charge is 2.32. The molecule has 2 saturated heterocycles. The van der Waals surface area contributed by atoms with E-state index in [4.69, 9.17) is 17.3 Å². The van der Waals surface area contributed by atoms with Crippen LogP contribution in [0.3, 0.4) is 0 Å². The van der Waals surface area contributed by atoms with E-state index in [0.29, 0.717) is 9.23 Å². The number of hydrogen-bond donors (Lipinski definition) is 1. The van der Waals surface area contributed by atoms with Crippen LogP contribution in [0.25, 0.3) is 6.08 Å². The van der Waals surface area contributed by atoms with Gasteiger partial charge in [-0.15, -0.1) is 0 Å². The van der Waals surface area contributed by atoms with Crippen LogP contribution in [0.15, 0.2) is 29.2 Å². The summed E-state index contributed by atoms with van der Waals surface area (Å²) in [6, 6.07) is 8.30. The monoisotopic (exact) mass is 432 g/mol. The summed E-state index contributed by atoms with van der Waals surface area (Å²) in [5.41, 5.74) is 2.18. The SMILES string of the molecule is CCCCCC1CCN(c2ccc(C=C3SC(=S)N(CCC(=O)O)C3=O)cc2)C1. The lowest BCUT2D eigenvalue weighted by atomic mass is 10.0. The van der Waals surface area contributed by atoms with Crippen molar-refractivity contribution in [2.45, 2.75) is 45.4 Å². The van der Waals surface area contributed by atoms with Crippen LogP contribution in [0.2, 0.25) is 0 Å². The second-order valence-corrected chi connectivity index (χ2v) is 9.34. The maximum Gasteiger partial charge on any atom is 0.305 e. The molecule has 0 aromatic heterocycles. The molecule has 2 heterocycles. The smallest absolute Gasteiger partial charge is 0.305 e. The Hall–Kier alpha value is -1.86. The lowest BCUT2D eigenvalue weighted by Crippen LogP contribution is -2.30. The van der Waals surface area contributed by atoms with Crippen LogP contribution >= 0.6 is 24.0 Å². The first-order valence-electron chi connectivity index (χ1n) is 10.3. The number of thiocarbonyl (C=S) groups is 1. The third kappa shape index (κ3) is 5.82. The zero-order valence-corrected chi connectivity index (χ0v) is 18.4. The van der Waals surface area contributed by atoms with Gasteiger partial charge in [-0.05, 0) is 42.5 Å². The number of unbranched alkanes of at least 4 members (excludes halogenated alkanes) is 2. The lowest BCUT2D eigenvalue weighted by Gasteiger charge is -2.19. The molecule has 1 N–H and O–H groups in total. The standard InChI is InChI=1S/C22H28N2O3S2/c1-2-3-4-5-17-10-12-23(15-17)18-8-6-16(7-9-18)14-19-21(27)24(22(28)29-19)13-11-20(25)26/h6-9,14,17H,2-5,10-13,15H2,1H3,(H,25,26). The number of anilines is 1. The van der Waals surface area contributed by atoms with Crippen molar-refractivity contribution < 1.29 is 14.7 Å². The molecule has 7 heteroatoms. The summed E-state index contributed by atoms with van der Waals surface area (Å²) in [5.74, 6) is -0.346. The second-order valence-electron chi connectivity index (χ2n) is 7.67. The number of thioether (sulfide) groups is 1. The van der Waals surface area contributed by atoms with E-state index in [0.717, 1.165) is 24.6 Å². The van der Waals surface area contributed by atoms with Gasteiger partial charge in [-0.25, -0.2) is 0 Å². The van der Waals surface area contributed by atoms with E-state index in [-0.39, 0.29) is 18.9 Å². The van der Waals surface area contributed by atoms with Crippen molar-refractivity contribution in [3.8, 4) is 0 Å². The number of carbonyl (C=O) groups excluding carboxylic acids is 1. The highest BCUT2D eigenvalue weighted by molar-refractivity contribution is 8.26. The zero-order chi connectivity index (χ0) is 20.8. The first-order valence-corrected chi connectivity index (χ1v) is 11.5. The van der Waals surface area contributed by atoms with E-state index in [1.165, 1.54) is 54.5 Å². The number of carboxylic acid groups (broad SMARTS) is 1. The van der Waals surface area contributed by atoms with E-state index >= 15 is 0 Å². The summed E-state index contributed by atoms with van der Waals surface area (Å²) in [6.07, 6.45) is 8.25. The third-order valence-corrected chi connectivity index (χ3v) is 6.86. The van der Waals surface area contributed by atoms with Gasteiger partial charge in [-0.3, -0.25) is 14.5 Å². The van der Waals surface area contributed by atoms with Crippen LogP contribution < -0.4 is 4.90 Å². The van der Waals surface area contributed by atoms with Crippen LogP contribution in [0.1, 0.15) is 51.0 Å². The summed E-state index contributed by atoms with van der Waals surface area (Å²) in [6.45, 7) is 4.60. The first kappa shape index (κ1) is 21.8. The number of amides is 1. The highest BCUT2D eigenvalue weighted by Crippen LogP contribution is 2.33. The maximum atomic E-state index is 12.5. The minimum Gasteiger partial charge on any atom is -0.481 e. The molecule has 1 aromatic rings. The van der Waals surface area contributed by atoms with Gasteiger partial charge in [-0.1, -0.05) is 62.3 Å². The molecule has 29 heavy (non-hydrogen) atoms. The van der Waals surface area contributed by atoms with Crippen molar-refractivity contribution in [3.63, 3.8) is 0 Å². The Labute approximate surface area is 182 Å². The molecule has 5 nitrogen and oxygen atoms in total. The van der Waals surface area contributed by atoms with Gasteiger partial charge in [0.25, 0.3) is 5.91 Å². The molecule has 156 valence electrons. The minimum absolute atomic E-state index is 0.107. The van der Waals surface area contributed by atoms with Crippen molar-refractivity contribution in [1.82, 2.24) is 4.90 Å². The molecule has 1 atom stereocenters. The van der Waals surface area contributed by atoms with E-state index in [2.05, 4.69) is 24.0 Å². The molecule has 0 spiro atoms. The molecule has 2 aliphatic heterocycles. The van der Waals surface area contributed by atoms with Gasteiger partial charge >= 0.3 is 5.97 Å². The topological polar surface area (TPSA) is 60.9 Å². The Bertz CT molecular complexity index is 792. The van der Waals surface area contributed by atoms with Gasteiger partial charge in [-0.2, -0.15) is 0 Å². The average Bonchev–Trinajstić information content (AvgIpc) is 3.26. The summed E-state index contributed by atoms with van der Waals surface area (Å²) in [5, 5.41) is 8.83. The van der Waals surface area contributed by atoms with Crippen LogP contribution in [0.5, 0.6) is 0 Å². The molecule has 2 fully saturated rings. The summed E-state index contributed by atoms with van der Waals surface area (Å²) >= 11 is 6.47. The number of aliphatic carboxylic acids is 1. The Kier molecular flexibility index (Phi) is 7.72. The summed E-state index contributed by atoms with van der Waals surface area (Å²) in [7, 11) is 0. The van der Waals surface area contributed by atoms with Gasteiger partial charge in [0.15, 0.2) is 0 Å². The molecule has 1 unspecified atom stereocenters. The molecule has 0 radical (unpaired) electrons. The van der Waals surface area contributed by atoms with E-state index in [1.807, 2.05) is 18.2 Å². The Morgan fingerprint density at radius 1 is 1.31 bits per heavy atom.